The Kier molecular flexibility index (Phi) is 8.81. The molecule has 8 aromatic carbocycles. The normalized spacial score (nSPS) is 12.5. The van der Waals surface area contributed by atoms with Crippen molar-refractivity contribution >= 4 is 55.6 Å². The summed E-state index contributed by atoms with van der Waals surface area (Å²) in [5, 5.41) is 8.35. The number of nitrogens with zero attached hydrogens (tertiary/aromatic N) is 3. The minimum Gasteiger partial charge on any atom is -0.309 e. The maximum atomic E-state index is 5.22. The second kappa shape index (κ2) is 14.7. The highest BCUT2D eigenvalue weighted by Gasteiger charge is 2.13. The fourth-order valence-electron chi connectivity index (χ4n) is 8.32. The maximum absolute atomic E-state index is 5.22. The van der Waals surface area contributed by atoms with E-state index in [0.29, 0.717) is 0 Å². The van der Waals surface area contributed by atoms with Gasteiger partial charge in [0.1, 0.15) is 0 Å². The Morgan fingerprint density at radius 3 is 1.82 bits per heavy atom. The standard InChI is InChI=1S/C54H39N3/c1-2-44-47-25-11-13-29-52(47)57(43-21-4-3-5-22-43)51(44)28-12-6-16-37-17-14-18-40(34-37)38-30-32-39(33-31-38)41-19-15-20-42(35-41)50-36-55-53-48-26-9-7-23-45(48)46-24-8-10-27-49(46)54(53)56-50/h2-15,17-36H,16H2,1H3/b12-6-,44-2-,51-28+. The van der Waals surface area contributed by atoms with E-state index >= 15 is 0 Å². The molecule has 57 heavy (non-hydrogen) atoms. The van der Waals surface area contributed by atoms with Gasteiger partial charge in [0.05, 0.1) is 33.8 Å². The van der Waals surface area contributed by atoms with Crippen LogP contribution in [0.15, 0.2) is 194 Å². The van der Waals surface area contributed by atoms with Gasteiger partial charge in [0.2, 0.25) is 0 Å². The van der Waals surface area contributed by atoms with Crippen LogP contribution < -0.4 is 10.6 Å². The molecule has 0 aliphatic heterocycles. The van der Waals surface area contributed by atoms with Crippen molar-refractivity contribution in [1.29, 1.82) is 0 Å². The molecule has 270 valence electrons. The minimum atomic E-state index is 0.843. The topological polar surface area (TPSA) is 30.7 Å². The van der Waals surface area contributed by atoms with Gasteiger partial charge in [0, 0.05) is 32.6 Å². The lowest BCUT2D eigenvalue weighted by Crippen LogP contribution is -2.27. The second-order valence-corrected chi connectivity index (χ2v) is 14.5. The van der Waals surface area contributed by atoms with E-state index in [-0.39, 0.29) is 0 Å². The molecule has 0 unspecified atom stereocenters. The van der Waals surface area contributed by atoms with Crippen molar-refractivity contribution in [2.24, 2.45) is 0 Å². The van der Waals surface area contributed by atoms with Crippen LogP contribution in [0.1, 0.15) is 12.5 Å². The highest BCUT2D eigenvalue weighted by atomic mass is 15.0. The SMILES string of the molecule is C\C=c1/c(=C\C=C/Cc2cccc(-c3ccc(-c4cccc(-c5cnc6c7ccccc7c7ccccc7c6n5)c4)cc3)c2)n(-c2ccccc2)c2ccccc12. The van der Waals surface area contributed by atoms with Crippen LogP contribution in [-0.2, 0) is 6.42 Å². The van der Waals surface area contributed by atoms with Crippen LogP contribution in [0, 0.1) is 0 Å². The average molecular weight is 730 g/mol. The zero-order valence-corrected chi connectivity index (χ0v) is 31.7. The molecule has 0 saturated carbocycles. The van der Waals surface area contributed by atoms with Crippen molar-refractivity contribution < 1.29 is 0 Å². The van der Waals surface area contributed by atoms with Gasteiger partial charge in [-0.15, -0.1) is 0 Å². The molecular formula is C54H39N3. The van der Waals surface area contributed by atoms with E-state index < -0.39 is 0 Å². The Morgan fingerprint density at radius 2 is 1.11 bits per heavy atom. The summed E-state index contributed by atoms with van der Waals surface area (Å²) in [5.74, 6) is 0. The fraction of sp³-hybridized carbons (Fsp3) is 0.0370. The zero-order chi connectivity index (χ0) is 38.1. The lowest BCUT2D eigenvalue weighted by Gasteiger charge is -2.11. The predicted octanol–water partition coefficient (Wildman–Crippen LogP) is 12.3. The van der Waals surface area contributed by atoms with Crippen molar-refractivity contribution in [2.45, 2.75) is 13.3 Å². The molecule has 0 radical (unpaired) electrons. The summed E-state index contributed by atoms with van der Waals surface area (Å²) >= 11 is 0. The number of para-hydroxylation sites is 2. The van der Waals surface area contributed by atoms with Gasteiger partial charge < -0.3 is 4.57 Å². The largest absolute Gasteiger partial charge is 0.309 e. The van der Waals surface area contributed by atoms with Gasteiger partial charge in [-0.3, -0.25) is 4.98 Å². The molecule has 3 heteroatoms. The summed E-state index contributed by atoms with van der Waals surface area (Å²) in [7, 11) is 0. The first-order valence-corrected chi connectivity index (χ1v) is 19.6. The molecule has 10 aromatic rings. The van der Waals surface area contributed by atoms with E-state index in [0.717, 1.165) is 56.3 Å². The van der Waals surface area contributed by atoms with Crippen molar-refractivity contribution in [2.75, 3.05) is 0 Å². The summed E-state index contributed by atoms with van der Waals surface area (Å²) in [6, 6.07) is 62.6. The first-order valence-electron chi connectivity index (χ1n) is 19.6. The van der Waals surface area contributed by atoms with Crippen LogP contribution in [0.2, 0.25) is 0 Å². The Bertz CT molecular complexity index is 3230. The number of hydrogen-bond donors (Lipinski definition) is 0. The third-order valence-corrected chi connectivity index (χ3v) is 11.1. The predicted molar refractivity (Wildman–Crippen MR) is 241 cm³/mol. The van der Waals surface area contributed by atoms with Crippen LogP contribution in [-0.4, -0.2) is 14.5 Å². The van der Waals surface area contributed by atoms with E-state index in [1.807, 2.05) is 6.20 Å². The molecule has 10 rings (SSSR count). The van der Waals surface area contributed by atoms with E-state index in [9.17, 15) is 0 Å². The highest BCUT2D eigenvalue weighted by molar-refractivity contribution is 6.23. The number of hydrogen-bond acceptors (Lipinski definition) is 2. The van der Waals surface area contributed by atoms with Crippen molar-refractivity contribution in [3.8, 4) is 39.2 Å². The minimum absolute atomic E-state index is 0.843. The lowest BCUT2D eigenvalue weighted by atomic mass is 9.97. The Balaban J connectivity index is 0.907. The van der Waals surface area contributed by atoms with E-state index in [2.05, 4.69) is 212 Å². The summed E-state index contributed by atoms with van der Waals surface area (Å²) in [6.45, 7) is 2.12. The van der Waals surface area contributed by atoms with Crippen molar-refractivity contribution in [3.05, 3.63) is 210 Å². The van der Waals surface area contributed by atoms with Crippen LogP contribution >= 0.6 is 0 Å². The van der Waals surface area contributed by atoms with E-state index in [4.69, 9.17) is 9.97 Å². The third kappa shape index (κ3) is 6.30. The Labute approximate surface area is 331 Å². The van der Waals surface area contributed by atoms with E-state index in [1.165, 1.54) is 48.9 Å². The monoisotopic (exact) mass is 729 g/mol. The summed E-state index contributed by atoms with van der Waals surface area (Å²) < 4.78 is 2.36. The molecule has 0 atom stereocenters. The maximum Gasteiger partial charge on any atom is 0.0979 e. The summed E-state index contributed by atoms with van der Waals surface area (Å²) in [6.07, 6.45) is 11.7. The highest BCUT2D eigenvalue weighted by Crippen LogP contribution is 2.35. The quantitative estimate of drug-likeness (QED) is 0.153. The first kappa shape index (κ1) is 34.2. The molecule has 0 N–H and O–H groups in total. The number of fused-ring (bicyclic) bond motifs is 7. The first-order chi connectivity index (χ1) is 28.2. The van der Waals surface area contributed by atoms with Crippen molar-refractivity contribution in [1.82, 2.24) is 14.5 Å². The number of aromatic nitrogens is 3. The molecule has 0 aliphatic rings. The molecule has 0 spiro atoms. The number of benzene rings is 8. The van der Waals surface area contributed by atoms with Crippen molar-refractivity contribution in [3.63, 3.8) is 0 Å². The fourth-order valence-corrected chi connectivity index (χ4v) is 8.32. The van der Waals surface area contributed by atoms with Crippen LogP contribution in [0.25, 0.3) is 94.8 Å². The zero-order valence-electron chi connectivity index (χ0n) is 31.7. The van der Waals surface area contributed by atoms with Crippen LogP contribution in [0.4, 0.5) is 0 Å². The number of rotatable bonds is 7. The van der Waals surface area contributed by atoms with Gasteiger partial charge in [-0.25, -0.2) is 4.98 Å². The van der Waals surface area contributed by atoms with Crippen LogP contribution in [0.5, 0.6) is 0 Å². The molecule has 0 amide bonds. The molecule has 0 saturated heterocycles. The Morgan fingerprint density at radius 1 is 0.509 bits per heavy atom. The van der Waals surface area contributed by atoms with Gasteiger partial charge in [-0.1, -0.05) is 170 Å². The molecule has 2 aromatic heterocycles. The lowest BCUT2D eigenvalue weighted by molar-refractivity contribution is 1.07. The molecule has 0 fully saturated rings. The van der Waals surface area contributed by atoms with Gasteiger partial charge >= 0.3 is 0 Å². The Hall–Kier alpha value is -7.36. The number of allylic oxidation sites excluding steroid dienone is 2. The van der Waals surface area contributed by atoms with Crippen LogP contribution in [0.3, 0.4) is 0 Å². The molecular weight excluding hydrogens is 691 g/mol. The summed E-state index contributed by atoms with van der Waals surface area (Å²) in [4.78, 5) is 10.2. The third-order valence-electron chi connectivity index (χ3n) is 11.1. The molecule has 2 heterocycles. The molecule has 0 aliphatic carbocycles. The van der Waals surface area contributed by atoms with Gasteiger partial charge in [-0.2, -0.15) is 0 Å². The van der Waals surface area contributed by atoms with Gasteiger partial charge in [-0.05, 0) is 82.3 Å². The van der Waals surface area contributed by atoms with Gasteiger partial charge in [0.15, 0.2) is 0 Å². The molecule has 3 nitrogen and oxygen atoms in total. The van der Waals surface area contributed by atoms with Gasteiger partial charge in [0.25, 0.3) is 0 Å². The smallest absolute Gasteiger partial charge is 0.0979 e. The second-order valence-electron chi connectivity index (χ2n) is 14.5. The average Bonchev–Trinajstić information content (AvgIpc) is 3.61. The van der Waals surface area contributed by atoms with E-state index in [1.54, 1.807) is 0 Å². The summed E-state index contributed by atoms with van der Waals surface area (Å²) in [5.41, 5.74) is 12.2. The molecule has 0 bridgehead atoms.